The molecule has 0 radical (unpaired) electrons. The van der Waals surface area contributed by atoms with Crippen LogP contribution in [0.3, 0.4) is 0 Å². The van der Waals surface area contributed by atoms with Gasteiger partial charge in [-0.05, 0) is 37.7 Å². The monoisotopic (exact) mass is 526 g/mol. The van der Waals surface area contributed by atoms with Crippen molar-refractivity contribution in [3.8, 4) is 11.3 Å². The second-order valence-corrected chi connectivity index (χ2v) is 10.8. The van der Waals surface area contributed by atoms with Gasteiger partial charge in [0.1, 0.15) is 11.2 Å². The normalized spacial score (nSPS) is 26.4. The number of nitrogens with one attached hydrogen (secondary N) is 2. The zero-order chi connectivity index (χ0) is 25.5. The third-order valence-electron chi connectivity index (χ3n) is 7.57. The van der Waals surface area contributed by atoms with Crippen LogP contribution in [-0.2, 0) is 16.1 Å². The van der Waals surface area contributed by atoms with Crippen molar-refractivity contribution in [3.63, 3.8) is 0 Å². The number of hydrogen-bond acceptors (Lipinski definition) is 9. The fourth-order valence-electron chi connectivity index (χ4n) is 5.51. The van der Waals surface area contributed by atoms with Crippen LogP contribution in [0.5, 0.6) is 0 Å². The van der Waals surface area contributed by atoms with E-state index in [2.05, 4.69) is 39.1 Å². The molecule has 1 amide bonds. The van der Waals surface area contributed by atoms with E-state index in [-0.39, 0.29) is 6.04 Å². The first-order chi connectivity index (χ1) is 18.0. The van der Waals surface area contributed by atoms with Gasteiger partial charge in [-0.3, -0.25) is 10.3 Å². The Labute approximate surface area is 219 Å². The van der Waals surface area contributed by atoms with Crippen LogP contribution in [0.1, 0.15) is 51.5 Å². The van der Waals surface area contributed by atoms with E-state index in [1.54, 1.807) is 12.4 Å². The van der Waals surface area contributed by atoms with Crippen LogP contribution < -0.4 is 15.7 Å². The average Bonchev–Trinajstić information content (AvgIpc) is 3.49. The van der Waals surface area contributed by atoms with Crippen LogP contribution in [0.2, 0.25) is 5.02 Å². The molecule has 0 bridgehead atoms. The van der Waals surface area contributed by atoms with Crippen molar-refractivity contribution < 1.29 is 14.4 Å². The van der Waals surface area contributed by atoms with Crippen LogP contribution in [0.25, 0.3) is 22.4 Å². The van der Waals surface area contributed by atoms with E-state index < -0.39 is 12.3 Å². The Morgan fingerprint density at radius 3 is 2.70 bits per heavy atom. The van der Waals surface area contributed by atoms with Crippen molar-refractivity contribution in [2.24, 2.45) is 11.8 Å². The van der Waals surface area contributed by atoms with Crippen LogP contribution >= 0.6 is 11.6 Å². The van der Waals surface area contributed by atoms with Gasteiger partial charge in [0.05, 0.1) is 24.3 Å². The molecular formula is C25H31ClN8O3. The van der Waals surface area contributed by atoms with E-state index in [9.17, 15) is 4.79 Å². The third-order valence-corrected chi connectivity index (χ3v) is 7.78. The maximum absolute atomic E-state index is 11.7. The Balaban J connectivity index is 1.54. The van der Waals surface area contributed by atoms with Crippen molar-refractivity contribution in [1.29, 1.82) is 0 Å². The zero-order valence-corrected chi connectivity index (χ0v) is 21.7. The number of imidazole rings is 1. The van der Waals surface area contributed by atoms with E-state index in [0.717, 1.165) is 36.0 Å². The Hall–Kier alpha value is -3.02. The largest absolute Gasteiger partial charge is 0.427 e. The quantitative estimate of drug-likeness (QED) is 0.511. The standard InChI is InChI=1S/C25H31ClN8O3/c1-14-3-5-16(6-4-14)12-34-20-19(17-9-18(26)11-27-10-17)28-22(23-31-25(35)37-32-23)29-21(20)30-24(34)33-7-8-36-13-15(33)2/h9-11,14-16,23,32H,3-8,12-13H2,1-2H3,(H,31,35)/t14?,15-,16?,23?/m0/s1. The van der Waals surface area contributed by atoms with E-state index in [4.69, 9.17) is 36.1 Å². The van der Waals surface area contributed by atoms with Crippen molar-refractivity contribution in [3.05, 3.63) is 29.3 Å². The summed E-state index contributed by atoms with van der Waals surface area (Å²) in [5.74, 6) is 2.53. The summed E-state index contributed by atoms with van der Waals surface area (Å²) in [6.45, 7) is 7.35. The van der Waals surface area contributed by atoms with Gasteiger partial charge in [0, 0.05) is 31.0 Å². The highest BCUT2D eigenvalue weighted by Gasteiger charge is 2.32. The molecule has 11 nitrogen and oxygen atoms in total. The van der Waals surface area contributed by atoms with Crippen molar-refractivity contribution in [2.75, 3.05) is 24.7 Å². The Bertz CT molecular complexity index is 1310. The van der Waals surface area contributed by atoms with Crippen LogP contribution in [0, 0.1) is 11.8 Å². The molecule has 2 saturated heterocycles. The molecule has 196 valence electrons. The molecule has 5 heterocycles. The number of hydrogen-bond donors (Lipinski definition) is 2. The van der Waals surface area contributed by atoms with Gasteiger partial charge in [-0.1, -0.05) is 31.4 Å². The summed E-state index contributed by atoms with van der Waals surface area (Å²) in [6.07, 6.45) is 6.89. The van der Waals surface area contributed by atoms with Crippen LogP contribution in [0.15, 0.2) is 18.5 Å². The van der Waals surface area contributed by atoms with Crippen LogP contribution in [0.4, 0.5) is 10.7 Å². The number of rotatable bonds is 5. The number of hydroxylamine groups is 1. The highest BCUT2D eigenvalue weighted by Crippen LogP contribution is 2.36. The highest BCUT2D eigenvalue weighted by atomic mass is 35.5. The maximum Gasteiger partial charge on any atom is 0.427 e. The molecule has 3 fully saturated rings. The summed E-state index contributed by atoms with van der Waals surface area (Å²) < 4.78 is 8.01. The summed E-state index contributed by atoms with van der Waals surface area (Å²) >= 11 is 6.35. The Morgan fingerprint density at radius 2 is 1.97 bits per heavy atom. The minimum atomic E-state index is -0.696. The van der Waals surface area contributed by atoms with Gasteiger partial charge in [-0.15, -0.1) is 5.48 Å². The number of anilines is 1. The topological polar surface area (TPSA) is 119 Å². The Morgan fingerprint density at radius 1 is 1.14 bits per heavy atom. The second-order valence-electron chi connectivity index (χ2n) is 10.3. The molecule has 2 aliphatic heterocycles. The number of carbonyl (C=O) groups excluding carboxylic acids is 1. The van der Waals surface area contributed by atoms with Gasteiger partial charge >= 0.3 is 6.09 Å². The lowest BCUT2D eigenvalue weighted by atomic mass is 9.83. The summed E-state index contributed by atoms with van der Waals surface area (Å²) in [4.78, 5) is 38.0. The molecule has 2 N–H and O–H groups in total. The molecule has 0 aromatic carbocycles. The molecule has 1 aliphatic carbocycles. The molecule has 1 saturated carbocycles. The van der Waals surface area contributed by atoms with Crippen molar-refractivity contribution in [1.82, 2.24) is 35.3 Å². The van der Waals surface area contributed by atoms with E-state index in [1.165, 1.54) is 25.7 Å². The fraction of sp³-hybridized carbons (Fsp3) is 0.560. The fourth-order valence-corrected chi connectivity index (χ4v) is 5.68. The minimum absolute atomic E-state index is 0.170. The summed E-state index contributed by atoms with van der Waals surface area (Å²) in [6, 6.07) is 2.01. The maximum atomic E-state index is 11.7. The predicted octanol–water partition coefficient (Wildman–Crippen LogP) is 3.84. The molecule has 12 heteroatoms. The molecule has 3 aromatic heterocycles. The SMILES string of the molecule is CC1CCC(Cn2c(N3CCOC[C@@H]3C)nc3nc(C4NOC(=O)N4)nc(-c4cncc(Cl)c4)c32)CC1. The smallest absolute Gasteiger partial charge is 0.377 e. The first kappa shape index (κ1) is 24.3. The van der Waals surface area contributed by atoms with E-state index in [1.807, 2.05) is 6.07 Å². The summed E-state index contributed by atoms with van der Waals surface area (Å²) in [5.41, 5.74) is 5.47. The predicted molar refractivity (Wildman–Crippen MR) is 138 cm³/mol. The molecule has 6 rings (SSSR count). The molecule has 1 unspecified atom stereocenters. The van der Waals surface area contributed by atoms with Crippen LogP contribution in [-0.4, -0.2) is 56.4 Å². The second kappa shape index (κ2) is 10.0. The summed E-state index contributed by atoms with van der Waals surface area (Å²) in [7, 11) is 0. The number of halogens is 1. The first-order valence-electron chi connectivity index (χ1n) is 12.9. The summed E-state index contributed by atoms with van der Waals surface area (Å²) in [5, 5.41) is 3.20. The number of pyridine rings is 1. The van der Waals surface area contributed by atoms with Crippen molar-refractivity contribution in [2.45, 2.75) is 58.3 Å². The Kier molecular flexibility index (Phi) is 6.60. The lowest BCUT2D eigenvalue weighted by Crippen LogP contribution is -2.45. The molecule has 37 heavy (non-hydrogen) atoms. The molecule has 3 aromatic rings. The number of ether oxygens (including phenoxy) is 1. The molecule has 0 spiro atoms. The lowest BCUT2D eigenvalue weighted by molar-refractivity contribution is 0.0976. The van der Waals surface area contributed by atoms with E-state index >= 15 is 0 Å². The number of aromatic nitrogens is 5. The molecule has 3 aliphatic rings. The number of fused-ring (bicyclic) bond motifs is 1. The molecule has 2 atom stereocenters. The van der Waals surface area contributed by atoms with Gasteiger partial charge in [-0.25, -0.2) is 14.8 Å². The number of nitrogens with zero attached hydrogens (tertiary/aromatic N) is 6. The third kappa shape index (κ3) is 4.83. The van der Waals surface area contributed by atoms with Gasteiger partial charge < -0.3 is 19.0 Å². The lowest BCUT2D eigenvalue weighted by Gasteiger charge is -2.35. The number of amides is 1. The number of carbonyl (C=O) groups is 1. The van der Waals surface area contributed by atoms with Gasteiger partial charge in [0.15, 0.2) is 17.6 Å². The van der Waals surface area contributed by atoms with Gasteiger partial charge in [-0.2, -0.15) is 4.98 Å². The minimum Gasteiger partial charge on any atom is -0.377 e. The average molecular weight is 527 g/mol. The van der Waals surface area contributed by atoms with E-state index in [0.29, 0.717) is 41.3 Å². The van der Waals surface area contributed by atoms with Crippen molar-refractivity contribution >= 4 is 34.8 Å². The zero-order valence-electron chi connectivity index (χ0n) is 21.0. The number of morpholine rings is 1. The van der Waals surface area contributed by atoms with Gasteiger partial charge in [0.2, 0.25) is 5.95 Å². The molecular weight excluding hydrogens is 496 g/mol. The first-order valence-corrected chi connectivity index (χ1v) is 13.3. The van der Waals surface area contributed by atoms with Gasteiger partial charge in [0.25, 0.3) is 0 Å². The highest BCUT2D eigenvalue weighted by molar-refractivity contribution is 6.30.